The monoisotopic (exact) mass is 254 g/mol. The quantitative estimate of drug-likeness (QED) is 0.465. The molecule has 0 N–H and O–H groups in total. The van der Waals surface area contributed by atoms with Gasteiger partial charge in [0.15, 0.2) is 0 Å². The zero-order valence-electron chi connectivity index (χ0n) is 10.4. The van der Waals surface area contributed by atoms with Crippen LogP contribution in [0.4, 0.5) is 0 Å². The standard InChI is InChI=1S/C16H14O3/c1-2-12-18-14-8-10-15(11-9-14)19-16(17)13-6-4-3-5-7-13/h2-11H,1,12H2. The molecule has 0 atom stereocenters. The van der Waals surface area contributed by atoms with Gasteiger partial charge in [-0.05, 0) is 36.4 Å². The van der Waals surface area contributed by atoms with Crippen molar-refractivity contribution in [2.75, 3.05) is 6.61 Å². The third-order valence-electron chi connectivity index (χ3n) is 2.41. The molecule has 0 aliphatic heterocycles. The summed E-state index contributed by atoms with van der Waals surface area (Å²) in [6.45, 7) is 4.02. The van der Waals surface area contributed by atoms with Crippen LogP contribution in [-0.2, 0) is 0 Å². The average molecular weight is 254 g/mol. The molecule has 0 bridgehead atoms. The van der Waals surface area contributed by atoms with E-state index in [-0.39, 0.29) is 5.97 Å². The van der Waals surface area contributed by atoms with E-state index in [0.29, 0.717) is 23.7 Å². The van der Waals surface area contributed by atoms with E-state index in [1.807, 2.05) is 6.07 Å². The summed E-state index contributed by atoms with van der Waals surface area (Å²) in [4.78, 5) is 11.8. The summed E-state index contributed by atoms with van der Waals surface area (Å²) < 4.78 is 10.6. The molecule has 0 aromatic heterocycles. The largest absolute Gasteiger partial charge is 0.490 e. The SMILES string of the molecule is C=CCOc1ccc(OC(=O)c2ccccc2)cc1. The van der Waals surface area contributed by atoms with Crippen LogP contribution in [0, 0.1) is 0 Å². The van der Waals surface area contributed by atoms with Crippen LogP contribution < -0.4 is 9.47 Å². The van der Waals surface area contributed by atoms with Gasteiger partial charge in [0.05, 0.1) is 5.56 Å². The second-order valence-electron chi connectivity index (χ2n) is 3.83. The summed E-state index contributed by atoms with van der Waals surface area (Å²) in [5, 5.41) is 0. The third-order valence-corrected chi connectivity index (χ3v) is 2.41. The second-order valence-corrected chi connectivity index (χ2v) is 3.83. The van der Waals surface area contributed by atoms with Crippen molar-refractivity contribution in [1.29, 1.82) is 0 Å². The molecular formula is C16H14O3. The lowest BCUT2D eigenvalue weighted by Crippen LogP contribution is -2.07. The summed E-state index contributed by atoms with van der Waals surface area (Å²) in [7, 11) is 0. The van der Waals surface area contributed by atoms with Crippen LogP contribution in [0.1, 0.15) is 10.4 Å². The fourth-order valence-electron chi connectivity index (χ4n) is 1.50. The Morgan fingerprint density at radius 2 is 1.63 bits per heavy atom. The van der Waals surface area contributed by atoms with Crippen molar-refractivity contribution >= 4 is 5.97 Å². The molecule has 0 radical (unpaired) electrons. The fourth-order valence-corrected chi connectivity index (χ4v) is 1.50. The Balaban J connectivity index is 1.99. The second kappa shape index (κ2) is 6.40. The number of ether oxygens (including phenoxy) is 2. The molecule has 2 rings (SSSR count). The molecule has 0 heterocycles. The van der Waals surface area contributed by atoms with Crippen molar-refractivity contribution in [1.82, 2.24) is 0 Å². The van der Waals surface area contributed by atoms with Gasteiger partial charge in [-0.2, -0.15) is 0 Å². The Hall–Kier alpha value is -2.55. The topological polar surface area (TPSA) is 35.5 Å². The Morgan fingerprint density at radius 3 is 2.26 bits per heavy atom. The van der Waals surface area contributed by atoms with Crippen LogP contribution in [0.15, 0.2) is 67.3 Å². The predicted octanol–water partition coefficient (Wildman–Crippen LogP) is 3.47. The predicted molar refractivity (Wildman–Crippen MR) is 73.5 cm³/mol. The number of rotatable bonds is 5. The van der Waals surface area contributed by atoms with Crippen LogP contribution in [0.25, 0.3) is 0 Å². The Morgan fingerprint density at radius 1 is 1.00 bits per heavy atom. The van der Waals surface area contributed by atoms with E-state index in [1.165, 1.54) is 0 Å². The summed E-state index contributed by atoms with van der Waals surface area (Å²) in [5.74, 6) is 0.819. The molecule has 0 unspecified atom stereocenters. The summed E-state index contributed by atoms with van der Waals surface area (Å²) in [6, 6.07) is 15.7. The van der Waals surface area contributed by atoms with Crippen molar-refractivity contribution in [2.45, 2.75) is 0 Å². The first-order chi connectivity index (χ1) is 9.29. The minimum absolute atomic E-state index is 0.375. The van der Waals surface area contributed by atoms with E-state index < -0.39 is 0 Å². The van der Waals surface area contributed by atoms with Gasteiger partial charge >= 0.3 is 5.97 Å². The molecule has 0 saturated heterocycles. The molecule has 0 spiro atoms. The highest BCUT2D eigenvalue weighted by molar-refractivity contribution is 5.90. The van der Waals surface area contributed by atoms with Crippen molar-refractivity contribution in [2.24, 2.45) is 0 Å². The molecular weight excluding hydrogens is 240 g/mol. The van der Waals surface area contributed by atoms with Crippen molar-refractivity contribution < 1.29 is 14.3 Å². The minimum atomic E-state index is -0.375. The van der Waals surface area contributed by atoms with Gasteiger partial charge in [0, 0.05) is 0 Å². The first kappa shape index (κ1) is 12.9. The zero-order chi connectivity index (χ0) is 13.5. The van der Waals surface area contributed by atoms with E-state index >= 15 is 0 Å². The molecule has 3 heteroatoms. The Labute approximate surface area is 112 Å². The van der Waals surface area contributed by atoms with Crippen LogP contribution in [0.5, 0.6) is 11.5 Å². The van der Waals surface area contributed by atoms with Crippen LogP contribution >= 0.6 is 0 Å². The highest BCUT2D eigenvalue weighted by Gasteiger charge is 2.07. The maximum absolute atomic E-state index is 11.8. The van der Waals surface area contributed by atoms with E-state index in [4.69, 9.17) is 9.47 Å². The molecule has 2 aromatic rings. The molecule has 0 fully saturated rings. The molecule has 2 aromatic carbocycles. The van der Waals surface area contributed by atoms with E-state index in [9.17, 15) is 4.79 Å². The first-order valence-electron chi connectivity index (χ1n) is 5.90. The number of esters is 1. The third kappa shape index (κ3) is 3.71. The molecule has 0 aliphatic rings. The number of hydrogen-bond acceptors (Lipinski definition) is 3. The summed E-state index contributed by atoms with van der Waals surface area (Å²) >= 11 is 0. The summed E-state index contributed by atoms with van der Waals surface area (Å²) in [6.07, 6.45) is 1.67. The van der Waals surface area contributed by atoms with E-state index in [0.717, 1.165) is 0 Å². The van der Waals surface area contributed by atoms with Gasteiger partial charge in [0.2, 0.25) is 0 Å². The Kier molecular flexibility index (Phi) is 4.34. The highest BCUT2D eigenvalue weighted by atomic mass is 16.5. The van der Waals surface area contributed by atoms with Crippen LogP contribution in [0.3, 0.4) is 0 Å². The molecule has 0 saturated carbocycles. The Bertz CT molecular complexity index is 544. The lowest BCUT2D eigenvalue weighted by atomic mass is 10.2. The number of carbonyl (C=O) groups excluding carboxylic acids is 1. The normalized spacial score (nSPS) is 9.68. The summed E-state index contributed by atoms with van der Waals surface area (Å²) in [5.41, 5.74) is 0.523. The van der Waals surface area contributed by atoms with E-state index in [2.05, 4.69) is 6.58 Å². The van der Waals surface area contributed by atoms with E-state index in [1.54, 1.807) is 54.6 Å². The number of benzene rings is 2. The molecule has 0 amide bonds. The van der Waals surface area contributed by atoms with Gasteiger partial charge in [-0.1, -0.05) is 30.9 Å². The number of carbonyl (C=O) groups is 1. The van der Waals surface area contributed by atoms with Gasteiger partial charge in [-0.15, -0.1) is 0 Å². The molecule has 0 aliphatic carbocycles. The fraction of sp³-hybridized carbons (Fsp3) is 0.0625. The van der Waals surface area contributed by atoms with Crippen molar-refractivity contribution in [3.05, 3.63) is 72.8 Å². The van der Waals surface area contributed by atoms with Crippen molar-refractivity contribution in [3.8, 4) is 11.5 Å². The minimum Gasteiger partial charge on any atom is -0.490 e. The smallest absolute Gasteiger partial charge is 0.343 e. The van der Waals surface area contributed by atoms with Gasteiger partial charge in [0.25, 0.3) is 0 Å². The molecule has 96 valence electrons. The van der Waals surface area contributed by atoms with Gasteiger partial charge in [-0.25, -0.2) is 4.79 Å². The highest BCUT2D eigenvalue weighted by Crippen LogP contribution is 2.18. The van der Waals surface area contributed by atoms with Gasteiger partial charge in [0.1, 0.15) is 18.1 Å². The van der Waals surface area contributed by atoms with Gasteiger partial charge in [-0.3, -0.25) is 0 Å². The lowest BCUT2D eigenvalue weighted by molar-refractivity contribution is 0.0734. The lowest BCUT2D eigenvalue weighted by Gasteiger charge is -2.06. The van der Waals surface area contributed by atoms with Crippen LogP contribution in [-0.4, -0.2) is 12.6 Å². The zero-order valence-corrected chi connectivity index (χ0v) is 10.4. The van der Waals surface area contributed by atoms with Crippen LogP contribution in [0.2, 0.25) is 0 Å². The molecule has 3 nitrogen and oxygen atoms in total. The van der Waals surface area contributed by atoms with Crippen molar-refractivity contribution in [3.63, 3.8) is 0 Å². The average Bonchev–Trinajstić information content (AvgIpc) is 2.47. The number of hydrogen-bond donors (Lipinski definition) is 0. The van der Waals surface area contributed by atoms with Gasteiger partial charge < -0.3 is 9.47 Å². The maximum Gasteiger partial charge on any atom is 0.343 e. The molecule has 19 heavy (non-hydrogen) atoms. The first-order valence-corrected chi connectivity index (χ1v) is 5.90. The maximum atomic E-state index is 11.8.